The van der Waals surface area contributed by atoms with Gasteiger partial charge in [-0.05, 0) is 43.3 Å². The number of hydrogen-bond donors (Lipinski definition) is 2. The predicted molar refractivity (Wildman–Crippen MR) is 102 cm³/mol. The van der Waals surface area contributed by atoms with Gasteiger partial charge in [0, 0.05) is 30.8 Å². The molecule has 1 aliphatic rings. The number of nitrogens with one attached hydrogen (secondary N) is 2. The molecule has 140 valence electrons. The van der Waals surface area contributed by atoms with Crippen LogP contribution >= 0.6 is 0 Å². The molecule has 0 saturated carbocycles. The van der Waals surface area contributed by atoms with Crippen molar-refractivity contribution in [1.82, 2.24) is 5.32 Å². The van der Waals surface area contributed by atoms with E-state index in [1.165, 1.54) is 0 Å². The summed E-state index contributed by atoms with van der Waals surface area (Å²) in [5.74, 6) is 0.101. The molecule has 3 amide bonds. The van der Waals surface area contributed by atoms with Gasteiger partial charge in [0.2, 0.25) is 5.91 Å². The van der Waals surface area contributed by atoms with Crippen LogP contribution in [0.2, 0.25) is 0 Å². The highest BCUT2D eigenvalue weighted by atomic mass is 16.5. The van der Waals surface area contributed by atoms with Crippen molar-refractivity contribution < 1.29 is 19.1 Å². The summed E-state index contributed by atoms with van der Waals surface area (Å²) in [6.45, 7) is 2.65. The summed E-state index contributed by atoms with van der Waals surface area (Å²) in [7, 11) is 0. The van der Waals surface area contributed by atoms with Gasteiger partial charge in [0.15, 0.2) is 6.61 Å². The number of ether oxygens (including phenoxy) is 1. The summed E-state index contributed by atoms with van der Waals surface area (Å²) >= 11 is 0. The highest BCUT2D eigenvalue weighted by molar-refractivity contribution is 5.99. The highest BCUT2D eigenvalue weighted by Gasteiger charge is 2.25. The second-order valence-electron chi connectivity index (χ2n) is 6.04. The lowest BCUT2D eigenvalue weighted by molar-refractivity contribution is -0.121. The van der Waals surface area contributed by atoms with Gasteiger partial charge in [0.1, 0.15) is 5.75 Å². The number of benzene rings is 2. The zero-order valence-corrected chi connectivity index (χ0v) is 15.0. The second kappa shape index (κ2) is 8.35. The van der Waals surface area contributed by atoms with E-state index in [-0.39, 0.29) is 37.3 Å². The van der Waals surface area contributed by atoms with E-state index in [0.29, 0.717) is 29.2 Å². The van der Waals surface area contributed by atoms with Crippen molar-refractivity contribution in [2.75, 3.05) is 29.9 Å². The zero-order valence-electron chi connectivity index (χ0n) is 15.0. The Morgan fingerprint density at radius 1 is 1.11 bits per heavy atom. The molecular weight excluding hydrogens is 346 g/mol. The first-order valence-electron chi connectivity index (χ1n) is 8.79. The van der Waals surface area contributed by atoms with E-state index in [0.717, 1.165) is 0 Å². The molecule has 2 aromatic carbocycles. The fourth-order valence-corrected chi connectivity index (χ4v) is 2.80. The van der Waals surface area contributed by atoms with Crippen LogP contribution in [-0.2, 0) is 9.59 Å². The molecular formula is C20H21N3O4. The monoisotopic (exact) mass is 367 g/mol. The second-order valence-corrected chi connectivity index (χ2v) is 6.04. The number of amides is 3. The van der Waals surface area contributed by atoms with Gasteiger partial charge in [-0.1, -0.05) is 12.1 Å². The van der Waals surface area contributed by atoms with E-state index < -0.39 is 0 Å². The van der Waals surface area contributed by atoms with Gasteiger partial charge < -0.3 is 20.3 Å². The third-order valence-electron chi connectivity index (χ3n) is 4.14. The number of nitrogens with zero attached hydrogens (tertiary/aromatic N) is 1. The lowest BCUT2D eigenvalue weighted by Gasteiger charge is -2.29. The van der Waals surface area contributed by atoms with E-state index >= 15 is 0 Å². The fourth-order valence-electron chi connectivity index (χ4n) is 2.80. The van der Waals surface area contributed by atoms with Crippen molar-refractivity contribution in [2.24, 2.45) is 0 Å². The number of para-hydroxylation sites is 2. The van der Waals surface area contributed by atoms with Crippen LogP contribution in [0.1, 0.15) is 23.7 Å². The van der Waals surface area contributed by atoms with Crippen LogP contribution < -0.4 is 20.3 Å². The average Bonchev–Trinajstić information content (AvgIpc) is 2.68. The van der Waals surface area contributed by atoms with E-state index in [1.807, 2.05) is 19.1 Å². The van der Waals surface area contributed by atoms with Crippen LogP contribution in [0.4, 0.5) is 11.4 Å². The first kappa shape index (κ1) is 18.4. The molecule has 0 atom stereocenters. The van der Waals surface area contributed by atoms with E-state index in [2.05, 4.69) is 10.6 Å². The van der Waals surface area contributed by atoms with E-state index in [4.69, 9.17) is 4.74 Å². The van der Waals surface area contributed by atoms with Gasteiger partial charge in [0.25, 0.3) is 11.8 Å². The number of carbonyl (C=O) groups is 3. The molecule has 0 spiro atoms. The summed E-state index contributed by atoms with van der Waals surface area (Å²) in [6.07, 6.45) is 0.151. The molecule has 2 aromatic rings. The van der Waals surface area contributed by atoms with Gasteiger partial charge in [0.05, 0.1) is 5.69 Å². The molecule has 3 rings (SSSR count). The van der Waals surface area contributed by atoms with Gasteiger partial charge in [-0.3, -0.25) is 14.4 Å². The lowest BCUT2D eigenvalue weighted by atomic mass is 10.2. The maximum atomic E-state index is 12.2. The number of rotatable bonds is 6. The predicted octanol–water partition coefficient (Wildman–Crippen LogP) is 2.19. The third-order valence-corrected chi connectivity index (χ3v) is 4.14. The molecule has 0 radical (unpaired) electrons. The third kappa shape index (κ3) is 4.44. The summed E-state index contributed by atoms with van der Waals surface area (Å²) < 4.78 is 5.39. The van der Waals surface area contributed by atoms with Crippen molar-refractivity contribution in [3.8, 4) is 5.75 Å². The summed E-state index contributed by atoms with van der Waals surface area (Å²) in [4.78, 5) is 37.7. The van der Waals surface area contributed by atoms with Gasteiger partial charge in [-0.15, -0.1) is 0 Å². The molecule has 27 heavy (non-hydrogen) atoms. The van der Waals surface area contributed by atoms with Crippen LogP contribution in [0.15, 0.2) is 48.5 Å². The number of hydrogen-bond acceptors (Lipinski definition) is 4. The Morgan fingerprint density at radius 2 is 1.85 bits per heavy atom. The normalized spacial score (nSPS) is 12.8. The van der Waals surface area contributed by atoms with E-state index in [1.54, 1.807) is 41.3 Å². The largest absolute Gasteiger partial charge is 0.482 e. The standard InChI is InChI=1S/C20H21N3O4/c1-2-21-20(26)14-7-9-15(10-8-14)22-18(24)11-12-23-16-5-3-4-6-17(16)27-13-19(23)25/h3-10H,2,11-13H2,1H3,(H,21,26)(H,22,24). The molecule has 0 saturated heterocycles. The molecule has 0 bridgehead atoms. The molecule has 2 N–H and O–H groups in total. The van der Waals surface area contributed by atoms with Gasteiger partial charge in [-0.25, -0.2) is 0 Å². The Balaban J connectivity index is 1.57. The number of carbonyl (C=O) groups excluding carboxylic acids is 3. The quantitative estimate of drug-likeness (QED) is 0.819. The molecule has 0 fully saturated rings. The van der Waals surface area contributed by atoms with Crippen molar-refractivity contribution in [3.63, 3.8) is 0 Å². The molecule has 7 heteroatoms. The number of fused-ring (bicyclic) bond motifs is 1. The molecule has 0 aromatic heterocycles. The minimum absolute atomic E-state index is 0.0279. The maximum Gasteiger partial charge on any atom is 0.265 e. The van der Waals surface area contributed by atoms with Crippen molar-refractivity contribution in [1.29, 1.82) is 0 Å². The summed E-state index contributed by atoms with van der Waals surface area (Å²) in [6, 6.07) is 13.9. The summed E-state index contributed by atoms with van der Waals surface area (Å²) in [5, 5.41) is 5.50. The van der Waals surface area contributed by atoms with Gasteiger partial charge >= 0.3 is 0 Å². The summed E-state index contributed by atoms with van der Waals surface area (Å²) in [5.41, 5.74) is 1.81. The maximum absolute atomic E-state index is 12.2. The Labute approximate surface area is 157 Å². The zero-order chi connectivity index (χ0) is 19.2. The van der Waals surface area contributed by atoms with Crippen molar-refractivity contribution in [2.45, 2.75) is 13.3 Å². The molecule has 0 aliphatic carbocycles. The molecule has 1 heterocycles. The SMILES string of the molecule is CCNC(=O)c1ccc(NC(=O)CCN2C(=O)COc3ccccc32)cc1. The average molecular weight is 367 g/mol. The van der Waals surface area contributed by atoms with Crippen molar-refractivity contribution in [3.05, 3.63) is 54.1 Å². The molecule has 7 nitrogen and oxygen atoms in total. The van der Waals surface area contributed by atoms with Crippen molar-refractivity contribution >= 4 is 29.1 Å². The Kier molecular flexibility index (Phi) is 5.71. The smallest absolute Gasteiger partial charge is 0.265 e. The Bertz CT molecular complexity index is 849. The van der Waals surface area contributed by atoms with Crippen LogP contribution in [-0.4, -0.2) is 37.4 Å². The lowest BCUT2D eigenvalue weighted by Crippen LogP contribution is -2.40. The topological polar surface area (TPSA) is 87.7 Å². The Morgan fingerprint density at radius 3 is 2.59 bits per heavy atom. The first-order chi connectivity index (χ1) is 13.1. The minimum Gasteiger partial charge on any atom is -0.482 e. The number of anilines is 2. The van der Waals surface area contributed by atoms with Crippen LogP contribution in [0.3, 0.4) is 0 Å². The Hall–Kier alpha value is -3.35. The molecule has 1 aliphatic heterocycles. The van der Waals surface area contributed by atoms with Gasteiger partial charge in [-0.2, -0.15) is 0 Å². The molecule has 0 unspecified atom stereocenters. The highest BCUT2D eigenvalue weighted by Crippen LogP contribution is 2.31. The van der Waals surface area contributed by atoms with Crippen LogP contribution in [0.25, 0.3) is 0 Å². The fraction of sp³-hybridized carbons (Fsp3) is 0.250. The van der Waals surface area contributed by atoms with E-state index in [9.17, 15) is 14.4 Å². The van der Waals surface area contributed by atoms with Crippen LogP contribution in [0, 0.1) is 0 Å². The van der Waals surface area contributed by atoms with Crippen LogP contribution in [0.5, 0.6) is 5.75 Å². The first-order valence-corrected chi connectivity index (χ1v) is 8.79. The minimum atomic E-state index is -0.211.